The minimum Gasteiger partial charge on any atom is -0.269 e. The number of benzene rings is 1. The Kier molecular flexibility index (Phi) is 3.13. The normalized spacial score (nSPS) is 11.5. The van der Waals surface area contributed by atoms with Crippen LogP contribution in [0.4, 0.5) is 0 Å². The zero-order valence-electron chi connectivity index (χ0n) is 9.98. The summed E-state index contributed by atoms with van der Waals surface area (Å²) in [5, 5.41) is 4.98. The maximum Gasteiger partial charge on any atom is 0.335 e. The summed E-state index contributed by atoms with van der Waals surface area (Å²) in [6.07, 6.45) is 1.33. The van der Waals surface area contributed by atoms with E-state index in [-0.39, 0.29) is 4.90 Å². The SMILES string of the molecule is Cn1c(=O)ccn(-c2ccc(S(N)(=O)=O)cc2)c1=O. The number of nitrogens with zero attached hydrogens (tertiary/aromatic N) is 2. The first-order chi connectivity index (χ1) is 8.80. The number of hydrogen-bond donors (Lipinski definition) is 1. The van der Waals surface area contributed by atoms with Crippen molar-refractivity contribution in [3.63, 3.8) is 0 Å². The molecule has 2 rings (SSSR count). The Morgan fingerprint density at radius 1 is 1.05 bits per heavy atom. The third-order valence-electron chi connectivity index (χ3n) is 2.63. The Morgan fingerprint density at radius 2 is 1.63 bits per heavy atom. The molecule has 0 radical (unpaired) electrons. The second kappa shape index (κ2) is 4.48. The van der Waals surface area contributed by atoms with Crippen LogP contribution in [0.1, 0.15) is 0 Å². The standard InChI is InChI=1S/C11H11N3O4S/c1-13-10(15)6-7-14(11(13)16)8-2-4-9(5-3-8)19(12,17)18/h2-7H,1H3,(H2,12,17,18). The summed E-state index contributed by atoms with van der Waals surface area (Å²) >= 11 is 0. The molecule has 0 bridgehead atoms. The van der Waals surface area contributed by atoms with Crippen LogP contribution < -0.4 is 16.4 Å². The third kappa shape index (κ3) is 2.49. The average molecular weight is 281 g/mol. The quantitative estimate of drug-likeness (QED) is 0.776. The molecule has 0 amide bonds. The van der Waals surface area contributed by atoms with E-state index in [0.29, 0.717) is 5.69 Å². The van der Waals surface area contributed by atoms with Crippen molar-refractivity contribution >= 4 is 10.0 Å². The minimum absolute atomic E-state index is 0.0471. The van der Waals surface area contributed by atoms with Gasteiger partial charge in [-0.15, -0.1) is 0 Å². The van der Waals surface area contributed by atoms with E-state index >= 15 is 0 Å². The number of primary sulfonamides is 1. The summed E-state index contributed by atoms with van der Waals surface area (Å²) < 4.78 is 24.4. The van der Waals surface area contributed by atoms with E-state index in [1.165, 1.54) is 48.1 Å². The molecule has 1 heterocycles. The minimum atomic E-state index is -3.77. The zero-order valence-corrected chi connectivity index (χ0v) is 10.8. The molecule has 2 N–H and O–H groups in total. The van der Waals surface area contributed by atoms with Crippen molar-refractivity contribution in [2.75, 3.05) is 0 Å². The van der Waals surface area contributed by atoms with Crippen LogP contribution >= 0.6 is 0 Å². The van der Waals surface area contributed by atoms with Gasteiger partial charge in [-0.1, -0.05) is 0 Å². The summed E-state index contributed by atoms with van der Waals surface area (Å²) in [5.41, 5.74) is -0.494. The number of aromatic nitrogens is 2. The Labute approximate surface area is 108 Å². The van der Waals surface area contributed by atoms with Crippen molar-refractivity contribution in [3.8, 4) is 5.69 Å². The van der Waals surface area contributed by atoms with Gasteiger partial charge in [0, 0.05) is 19.3 Å². The number of rotatable bonds is 2. The molecule has 7 nitrogen and oxygen atoms in total. The van der Waals surface area contributed by atoms with Gasteiger partial charge in [0.25, 0.3) is 5.56 Å². The van der Waals surface area contributed by atoms with Crippen LogP contribution in [0.15, 0.2) is 51.0 Å². The number of hydrogen-bond acceptors (Lipinski definition) is 4. The Bertz CT molecular complexity index is 831. The molecule has 8 heteroatoms. The van der Waals surface area contributed by atoms with E-state index in [0.717, 1.165) is 4.57 Å². The molecule has 1 aromatic carbocycles. The number of nitrogens with two attached hydrogens (primary N) is 1. The summed E-state index contributed by atoms with van der Waals surface area (Å²) in [6, 6.07) is 6.71. The van der Waals surface area contributed by atoms with Crippen LogP contribution in [0.25, 0.3) is 5.69 Å². The molecular weight excluding hydrogens is 270 g/mol. The third-order valence-corrected chi connectivity index (χ3v) is 3.56. The maximum atomic E-state index is 11.9. The van der Waals surface area contributed by atoms with Gasteiger partial charge in [-0.2, -0.15) is 0 Å². The van der Waals surface area contributed by atoms with Crippen molar-refractivity contribution in [1.29, 1.82) is 0 Å². The van der Waals surface area contributed by atoms with Gasteiger partial charge in [0.2, 0.25) is 10.0 Å². The summed E-state index contributed by atoms with van der Waals surface area (Å²) in [4.78, 5) is 23.1. The lowest BCUT2D eigenvalue weighted by atomic mass is 10.3. The molecule has 0 spiro atoms. The number of sulfonamides is 1. The van der Waals surface area contributed by atoms with Crippen molar-refractivity contribution in [1.82, 2.24) is 9.13 Å². The van der Waals surface area contributed by atoms with Crippen LogP contribution in [0.5, 0.6) is 0 Å². The van der Waals surface area contributed by atoms with Crippen LogP contribution in [0.2, 0.25) is 0 Å². The molecule has 1 aromatic heterocycles. The van der Waals surface area contributed by atoms with Gasteiger partial charge < -0.3 is 0 Å². The van der Waals surface area contributed by atoms with Crippen LogP contribution in [0.3, 0.4) is 0 Å². The lowest BCUT2D eigenvalue weighted by molar-refractivity contribution is 0.598. The van der Waals surface area contributed by atoms with Crippen molar-refractivity contribution in [3.05, 3.63) is 57.4 Å². The van der Waals surface area contributed by atoms with Crippen molar-refractivity contribution in [2.24, 2.45) is 12.2 Å². The summed E-state index contributed by atoms with van der Waals surface area (Å²) in [7, 11) is -2.41. The predicted molar refractivity (Wildman–Crippen MR) is 68.7 cm³/mol. The Hall–Kier alpha value is -2.19. The van der Waals surface area contributed by atoms with Gasteiger partial charge >= 0.3 is 5.69 Å². The van der Waals surface area contributed by atoms with Gasteiger partial charge in [-0.25, -0.2) is 18.4 Å². The molecule has 100 valence electrons. The highest BCUT2D eigenvalue weighted by molar-refractivity contribution is 7.89. The molecule has 0 aliphatic heterocycles. The second-order valence-electron chi connectivity index (χ2n) is 3.90. The fourth-order valence-corrected chi connectivity index (χ4v) is 2.08. The molecule has 0 saturated heterocycles. The van der Waals surface area contributed by atoms with E-state index in [1.807, 2.05) is 0 Å². The first-order valence-electron chi connectivity index (χ1n) is 5.22. The Balaban J connectivity index is 2.59. The fourth-order valence-electron chi connectivity index (χ4n) is 1.56. The van der Waals surface area contributed by atoms with Gasteiger partial charge in [0.05, 0.1) is 10.6 Å². The van der Waals surface area contributed by atoms with Crippen LogP contribution in [-0.2, 0) is 17.1 Å². The van der Waals surface area contributed by atoms with E-state index in [4.69, 9.17) is 5.14 Å². The maximum absolute atomic E-state index is 11.9. The zero-order chi connectivity index (χ0) is 14.2. The molecule has 0 unspecified atom stereocenters. The van der Waals surface area contributed by atoms with E-state index in [9.17, 15) is 18.0 Å². The molecule has 19 heavy (non-hydrogen) atoms. The highest BCUT2D eigenvalue weighted by atomic mass is 32.2. The highest BCUT2D eigenvalue weighted by Gasteiger charge is 2.08. The molecule has 0 aliphatic carbocycles. The largest absolute Gasteiger partial charge is 0.335 e. The van der Waals surface area contributed by atoms with Gasteiger partial charge in [0.15, 0.2) is 0 Å². The summed E-state index contributed by atoms with van der Waals surface area (Å²) in [6.45, 7) is 0. The molecule has 0 atom stereocenters. The van der Waals surface area contributed by atoms with Gasteiger partial charge in [0.1, 0.15) is 0 Å². The molecule has 0 fully saturated rings. The van der Waals surface area contributed by atoms with Crippen LogP contribution in [0, 0.1) is 0 Å². The smallest absolute Gasteiger partial charge is 0.269 e. The second-order valence-corrected chi connectivity index (χ2v) is 5.47. The van der Waals surface area contributed by atoms with E-state index in [2.05, 4.69) is 0 Å². The van der Waals surface area contributed by atoms with Crippen molar-refractivity contribution < 1.29 is 8.42 Å². The lowest BCUT2D eigenvalue weighted by Gasteiger charge is -2.07. The average Bonchev–Trinajstić information content (AvgIpc) is 2.35. The first kappa shape index (κ1) is 13.2. The molecule has 0 saturated carbocycles. The molecule has 2 aromatic rings. The molecular formula is C11H11N3O4S. The lowest BCUT2D eigenvalue weighted by Crippen LogP contribution is -2.36. The van der Waals surface area contributed by atoms with E-state index in [1.54, 1.807) is 0 Å². The first-order valence-corrected chi connectivity index (χ1v) is 6.77. The fraction of sp³-hybridized carbons (Fsp3) is 0.0909. The molecule has 0 aliphatic rings. The van der Waals surface area contributed by atoms with Gasteiger partial charge in [-0.3, -0.25) is 13.9 Å². The highest BCUT2D eigenvalue weighted by Crippen LogP contribution is 2.10. The van der Waals surface area contributed by atoms with Crippen LogP contribution in [-0.4, -0.2) is 17.6 Å². The predicted octanol–water partition coefficient (Wildman–Crippen LogP) is -0.816. The van der Waals surface area contributed by atoms with E-state index < -0.39 is 21.3 Å². The summed E-state index contributed by atoms with van der Waals surface area (Å²) in [5.74, 6) is 0. The van der Waals surface area contributed by atoms with Crippen molar-refractivity contribution in [2.45, 2.75) is 4.90 Å². The monoisotopic (exact) mass is 281 g/mol. The Morgan fingerprint density at radius 3 is 2.16 bits per heavy atom. The van der Waals surface area contributed by atoms with Gasteiger partial charge in [-0.05, 0) is 24.3 Å². The topological polar surface area (TPSA) is 104 Å².